The summed E-state index contributed by atoms with van der Waals surface area (Å²) in [5.74, 6) is 0.401. The highest BCUT2D eigenvalue weighted by atomic mass is 16.3. The van der Waals surface area contributed by atoms with Crippen LogP contribution in [-0.2, 0) is 0 Å². The van der Waals surface area contributed by atoms with Crippen molar-refractivity contribution >= 4 is 0 Å². The summed E-state index contributed by atoms with van der Waals surface area (Å²) in [4.78, 5) is 0. The second kappa shape index (κ2) is 4.86. The minimum atomic E-state index is -0.168. The van der Waals surface area contributed by atoms with Gasteiger partial charge in [0.2, 0.25) is 0 Å². The van der Waals surface area contributed by atoms with Crippen LogP contribution in [0.15, 0.2) is 11.6 Å². The Balaban J connectivity index is 2.09. The van der Waals surface area contributed by atoms with Gasteiger partial charge in [0.25, 0.3) is 0 Å². The molecule has 3 nitrogen and oxygen atoms in total. The first-order valence-corrected chi connectivity index (χ1v) is 6.42. The molecule has 1 heterocycles. The fourth-order valence-corrected chi connectivity index (χ4v) is 3.20. The van der Waals surface area contributed by atoms with Crippen molar-refractivity contribution in [1.29, 1.82) is 0 Å². The van der Waals surface area contributed by atoms with Gasteiger partial charge in [0, 0.05) is 6.54 Å². The van der Waals surface area contributed by atoms with E-state index in [0.29, 0.717) is 17.9 Å². The number of hydrogen-bond acceptors (Lipinski definition) is 3. The zero-order valence-corrected chi connectivity index (χ0v) is 10.2. The molecule has 4 N–H and O–H groups in total. The standard InChI is InChI=1S/C13H24N2O/c1-13(4-6-15-7-5-13)11-8-10(9-14)2-3-12(11)16/h2,11-12,15-16H,3-9,14H2,1H3. The number of hydrogen-bond donors (Lipinski definition) is 3. The Labute approximate surface area is 98.1 Å². The van der Waals surface area contributed by atoms with Gasteiger partial charge in [-0.05, 0) is 50.1 Å². The maximum Gasteiger partial charge on any atom is 0.0611 e. The zero-order chi connectivity index (χ0) is 11.6. The van der Waals surface area contributed by atoms with Gasteiger partial charge in [0.15, 0.2) is 0 Å². The van der Waals surface area contributed by atoms with Crippen molar-refractivity contribution in [1.82, 2.24) is 5.32 Å². The Morgan fingerprint density at radius 3 is 2.81 bits per heavy atom. The Morgan fingerprint density at radius 1 is 1.50 bits per heavy atom. The van der Waals surface area contributed by atoms with E-state index in [0.717, 1.165) is 25.9 Å². The molecule has 1 aliphatic carbocycles. The molecule has 1 saturated heterocycles. The van der Waals surface area contributed by atoms with Crippen molar-refractivity contribution in [2.75, 3.05) is 19.6 Å². The van der Waals surface area contributed by atoms with E-state index >= 15 is 0 Å². The van der Waals surface area contributed by atoms with Gasteiger partial charge >= 0.3 is 0 Å². The van der Waals surface area contributed by atoms with Gasteiger partial charge in [-0.2, -0.15) is 0 Å². The molecule has 1 fully saturated rings. The van der Waals surface area contributed by atoms with Crippen molar-refractivity contribution in [2.45, 2.75) is 38.7 Å². The molecular weight excluding hydrogens is 200 g/mol. The third-order valence-electron chi connectivity index (χ3n) is 4.50. The summed E-state index contributed by atoms with van der Waals surface area (Å²) in [6.45, 7) is 5.15. The highest BCUT2D eigenvalue weighted by molar-refractivity contribution is 5.12. The minimum Gasteiger partial charge on any atom is -0.392 e. The summed E-state index contributed by atoms with van der Waals surface area (Å²) >= 11 is 0. The number of aliphatic hydroxyl groups excluding tert-OH is 1. The van der Waals surface area contributed by atoms with Crippen LogP contribution in [0.5, 0.6) is 0 Å². The predicted molar refractivity (Wildman–Crippen MR) is 66.1 cm³/mol. The lowest BCUT2D eigenvalue weighted by Crippen LogP contribution is -2.45. The molecule has 0 aromatic carbocycles. The second-order valence-corrected chi connectivity index (χ2v) is 5.58. The van der Waals surface area contributed by atoms with Crippen LogP contribution in [0, 0.1) is 11.3 Å². The van der Waals surface area contributed by atoms with E-state index in [9.17, 15) is 5.11 Å². The first kappa shape index (κ1) is 12.1. The van der Waals surface area contributed by atoms with Crippen molar-refractivity contribution in [3.8, 4) is 0 Å². The summed E-state index contributed by atoms with van der Waals surface area (Å²) < 4.78 is 0. The first-order chi connectivity index (χ1) is 7.65. The van der Waals surface area contributed by atoms with Gasteiger partial charge in [-0.25, -0.2) is 0 Å². The Kier molecular flexibility index (Phi) is 3.67. The highest BCUT2D eigenvalue weighted by Gasteiger charge is 2.40. The Hall–Kier alpha value is -0.380. The predicted octanol–water partition coefficient (Wildman–Crippen LogP) is 1.03. The summed E-state index contributed by atoms with van der Waals surface area (Å²) in [6, 6.07) is 0. The maximum atomic E-state index is 10.2. The van der Waals surface area contributed by atoms with Gasteiger partial charge in [-0.15, -0.1) is 0 Å². The fraction of sp³-hybridized carbons (Fsp3) is 0.846. The minimum absolute atomic E-state index is 0.168. The highest BCUT2D eigenvalue weighted by Crippen LogP contribution is 2.44. The molecule has 0 saturated carbocycles. The monoisotopic (exact) mass is 224 g/mol. The third kappa shape index (κ3) is 2.31. The maximum absolute atomic E-state index is 10.2. The van der Waals surface area contributed by atoms with Gasteiger partial charge < -0.3 is 16.2 Å². The van der Waals surface area contributed by atoms with E-state index in [1.165, 1.54) is 18.4 Å². The Bertz CT molecular complexity index is 269. The molecule has 2 atom stereocenters. The second-order valence-electron chi connectivity index (χ2n) is 5.58. The molecule has 16 heavy (non-hydrogen) atoms. The molecule has 2 rings (SSSR count). The van der Waals surface area contributed by atoms with Gasteiger partial charge in [-0.3, -0.25) is 0 Å². The number of piperidine rings is 1. The lowest BCUT2D eigenvalue weighted by atomic mass is 9.64. The lowest BCUT2D eigenvalue weighted by Gasteiger charge is -2.45. The normalized spacial score (nSPS) is 34.6. The fourth-order valence-electron chi connectivity index (χ4n) is 3.20. The number of aliphatic hydroxyl groups is 1. The van der Waals surface area contributed by atoms with Crippen molar-refractivity contribution in [3.05, 3.63) is 11.6 Å². The summed E-state index contributed by atoms with van der Waals surface area (Å²) in [6.07, 6.45) is 6.09. The molecule has 92 valence electrons. The first-order valence-electron chi connectivity index (χ1n) is 6.42. The van der Waals surface area contributed by atoms with Gasteiger partial charge in [0.05, 0.1) is 6.10 Å². The molecule has 0 amide bonds. The lowest BCUT2D eigenvalue weighted by molar-refractivity contribution is 0.00385. The van der Waals surface area contributed by atoms with Gasteiger partial charge in [0.1, 0.15) is 0 Å². The van der Waals surface area contributed by atoms with E-state index in [2.05, 4.69) is 18.3 Å². The molecule has 0 aromatic heterocycles. The van der Waals surface area contributed by atoms with Crippen LogP contribution in [-0.4, -0.2) is 30.8 Å². The largest absolute Gasteiger partial charge is 0.392 e. The molecular formula is C13H24N2O. The smallest absolute Gasteiger partial charge is 0.0611 e. The van der Waals surface area contributed by atoms with Crippen LogP contribution in [0.4, 0.5) is 0 Å². The van der Waals surface area contributed by atoms with Crippen LogP contribution in [0.1, 0.15) is 32.6 Å². The summed E-state index contributed by atoms with van der Waals surface area (Å²) in [7, 11) is 0. The number of rotatable bonds is 2. The Morgan fingerprint density at radius 2 is 2.19 bits per heavy atom. The van der Waals surface area contributed by atoms with Crippen LogP contribution in [0.3, 0.4) is 0 Å². The molecule has 3 heteroatoms. The van der Waals surface area contributed by atoms with Gasteiger partial charge in [-0.1, -0.05) is 18.6 Å². The van der Waals surface area contributed by atoms with E-state index in [1.54, 1.807) is 0 Å². The van der Waals surface area contributed by atoms with Crippen molar-refractivity contribution in [2.24, 2.45) is 17.1 Å². The molecule has 2 unspecified atom stereocenters. The molecule has 2 aliphatic rings. The molecule has 0 spiro atoms. The van der Waals surface area contributed by atoms with Crippen LogP contribution in [0.25, 0.3) is 0 Å². The SMILES string of the molecule is CC1(C2CC(CN)=CCC2O)CCNCC1. The van der Waals surface area contributed by atoms with Crippen molar-refractivity contribution in [3.63, 3.8) is 0 Å². The molecule has 0 bridgehead atoms. The van der Waals surface area contributed by atoms with Crippen molar-refractivity contribution < 1.29 is 5.11 Å². The van der Waals surface area contributed by atoms with E-state index < -0.39 is 0 Å². The van der Waals surface area contributed by atoms with E-state index in [4.69, 9.17) is 5.73 Å². The quantitative estimate of drug-likeness (QED) is 0.614. The average Bonchev–Trinajstić information content (AvgIpc) is 2.30. The third-order valence-corrected chi connectivity index (χ3v) is 4.50. The number of nitrogens with two attached hydrogens (primary N) is 1. The summed E-state index contributed by atoms with van der Waals surface area (Å²) in [5.41, 5.74) is 7.34. The molecule has 1 aliphatic heterocycles. The number of nitrogens with one attached hydrogen (secondary N) is 1. The van der Waals surface area contributed by atoms with Crippen LogP contribution >= 0.6 is 0 Å². The zero-order valence-electron chi connectivity index (χ0n) is 10.2. The molecule has 0 radical (unpaired) electrons. The molecule has 0 aromatic rings. The van der Waals surface area contributed by atoms with Crippen LogP contribution in [0.2, 0.25) is 0 Å². The van der Waals surface area contributed by atoms with E-state index in [-0.39, 0.29) is 6.10 Å². The topological polar surface area (TPSA) is 58.3 Å². The van der Waals surface area contributed by atoms with Crippen LogP contribution < -0.4 is 11.1 Å². The summed E-state index contributed by atoms with van der Waals surface area (Å²) in [5, 5.41) is 13.6. The average molecular weight is 224 g/mol. The van der Waals surface area contributed by atoms with E-state index in [1.807, 2.05) is 0 Å².